The van der Waals surface area contributed by atoms with Gasteiger partial charge in [-0.25, -0.2) is 4.98 Å². The first-order valence-electron chi connectivity index (χ1n) is 8.79. The highest BCUT2D eigenvalue weighted by molar-refractivity contribution is 5.59. The molecule has 1 fully saturated rings. The van der Waals surface area contributed by atoms with Crippen LogP contribution in [-0.2, 0) is 4.84 Å². The molecule has 4 rings (SSSR count). The van der Waals surface area contributed by atoms with Gasteiger partial charge < -0.3 is 10.0 Å². The van der Waals surface area contributed by atoms with Crippen LogP contribution in [0, 0.1) is 28.9 Å². The van der Waals surface area contributed by atoms with E-state index in [0.29, 0.717) is 36.6 Å². The summed E-state index contributed by atoms with van der Waals surface area (Å²) in [6, 6.07) is 9.82. The molecule has 1 saturated heterocycles. The Balaban J connectivity index is 1.55. The van der Waals surface area contributed by atoms with E-state index in [-0.39, 0.29) is 11.4 Å². The van der Waals surface area contributed by atoms with Crippen molar-refractivity contribution in [2.75, 3.05) is 18.0 Å². The minimum Gasteiger partial charge on any atom is -0.508 e. The Bertz CT molecular complexity index is 1040. The van der Waals surface area contributed by atoms with Crippen LogP contribution in [0.1, 0.15) is 17.7 Å². The number of pyridine rings is 1. The number of phenolic OH excluding ortho intramolecular Hbond substituents is 1. The van der Waals surface area contributed by atoms with Crippen molar-refractivity contribution >= 4 is 11.5 Å². The summed E-state index contributed by atoms with van der Waals surface area (Å²) in [5, 5.41) is 20.9. The van der Waals surface area contributed by atoms with Crippen LogP contribution < -0.4 is 10.4 Å². The van der Waals surface area contributed by atoms with E-state index >= 15 is 0 Å². The summed E-state index contributed by atoms with van der Waals surface area (Å²) in [6.07, 6.45) is 2.56. The lowest BCUT2D eigenvalue weighted by Crippen LogP contribution is -2.34. The fourth-order valence-corrected chi connectivity index (χ4v) is 3.36. The average Bonchev–Trinajstić information content (AvgIpc) is 3.27. The first-order valence-corrected chi connectivity index (χ1v) is 8.79. The number of aryl methyl sites for hydroxylation is 1. The van der Waals surface area contributed by atoms with Crippen molar-refractivity contribution in [1.82, 2.24) is 10.5 Å². The zero-order valence-corrected chi connectivity index (χ0v) is 15.2. The smallest absolute Gasteiger partial charge is 0.311 e. The molecule has 1 spiro atoms. The Kier molecular flexibility index (Phi) is 4.37. The van der Waals surface area contributed by atoms with Gasteiger partial charge in [0.25, 0.3) is 0 Å². The van der Waals surface area contributed by atoms with E-state index in [2.05, 4.69) is 22.3 Å². The molecule has 3 heterocycles. The molecule has 2 N–H and O–H groups in total. The van der Waals surface area contributed by atoms with Crippen LogP contribution in [0.25, 0.3) is 0 Å². The highest BCUT2D eigenvalue weighted by atomic mass is 16.7. The molecule has 1 aromatic heterocycles. The number of aromatic nitrogens is 1. The van der Waals surface area contributed by atoms with E-state index in [4.69, 9.17) is 4.84 Å². The molecular weight excluding hydrogens is 360 g/mol. The van der Waals surface area contributed by atoms with Crippen LogP contribution >= 0.6 is 0 Å². The third kappa shape index (κ3) is 3.48. The Morgan fingerprint density at radius 3 is 3.00 bits per heavy atom. The second-order valence-electron chi connectivity index (χ2n) is 6.85. The molecule has 2 aliphatic heterocycles. The van der Waals surface area contributed by atoms with Crippen LogP contribution in [0.3, 0.4) is 0 Å². The largest absolute Gasteiger partial charge is 0.508 e. The highest BCUT2D eigenvalue weighted by Crippen LogP contribution is 2.36. The standard InChI is InChI=1S/C20H18N4O4/c1-14-5-8-18(24(26)27)19(21-14)23-10-9-20(13-23)12-16(22-28-20)7-6-15-3-2-4-17(25)11-15/h2-5,8,11-12,22,25H,9-10,13H2,1H3. The minimum atomic E-state index is -0.609. The Hall–Kier alpha value is -3.57. The van der Waals surface area contributed by atoms with E-state index in [1.54, 1.807) is 30.3 Å². The molecular formula is C20H18N4O4. The number of nitrogens with one attached hydrogen (secondary N) is 1. The van der Waals surface area contributed by atoms with Gasteiger partial charge in [-0.1, -0.05) is 12.0 Å². The normalized spacial score (nSPS) is 20.5. The average molecular weight is 378 g/mol. The van der Waals surface area contributed by atoms with E-state index in [9.17, 15) is 15.2 Å². The van der Waals surface area contributed by atoms with Crippen LogP contribution in [0.2, 0.25) is 0 Å². The van der Waals surface area contributed by atoms with Crippen molar-refractivity contribution < 1.29 is 14.9 Å². The molecule has 8 nitrogen and oxygen atoms in total. The van der Waals surface area contributed by atoms with Gasteiger partial charge in [0.15, 0.2) is 0 Å². The van der Waals surface area contributed by atoms with Crippen molar-refractivity contribution in [3.63, 3.8) is 0 Å². The molecule has 2 aliphatic rings. The summed E-state index contributed by atoms with van der Waals surface area (Å²) in [4.78, 5) is 22.9. The molecule has 2 aromatic rings. The lowest BCUT2D eigenvalue weighted by Gasteiger charge is -2.21. The molecule has 1 aromatic carbocycles. The number of phenols is 1. The summed E-state index contributed by atoms with van der Waals surface area (Å²) >= 11 is 0. The van der Waals surface area contributed by atoms with Gasteiger partial charge in [-0.05, 0) is 43.2 Å². The van der Waals surface area contributed by atoms with Crippen molar-refractivity contribution in [3.8, 4) is 17.6 Å². The van der Waals surface area contributed by atoms with Crippen molar-refractivity contribution in [3.05, 3.63) is 69.5 Å². The molecule has 1 atom stereocenters. The fourth-order valence-electron chi connectivity index (χ4n) is 3.36. The summed E-state index contributed by atoms with van der Waals surface area (Å²) < 4.78 is 0. The fraction of sp³-hybridized carbons (Fsp3) is 0.250. The summed E-state index contributed by atoms with van der Waals surface area (Å²) in [5.74, 6) is 6.48. The first-order chi connectivity index (χ1) is 13.4. The zero-order valence-electron chi connectivity index (χ0n) is 15.2. The van der Waals surface area contributed by atoms with Crippen LogP contribution in [0.4, 0.5) is 11.5 Å². The van der Waals surface area contributed by atoms with E-state index in [0.717, 1.165) is 5.69 Å². The Labute approximate surface area is 161 Å². The molecule has 0 radical (unpaired) electrons. The highest BCUT2D eigenvalue weighted by Gasteiger charge is 2.43. The van der Waals surface area contributed by atoms with Gasteiger partial charge in [0.1, 0.15) is 17.0 Å². The summed E-state index contributed by atoms with van der Waals surface area (Å²) in [6.45, 7) is 2.83. The number of hydrogen-bond acceptors (Lipinski definition) is 7. The monoisotopic (exact) mass is 378 g/mol. The first kappa shape index (κ1) is 17.8. The SMILES string of the molecule is Cc1ccc([N+](=O)[O-])c(N2CCC3(C=C(C#Cc4cccc(O)c4)NO3)C2)n1. The molecule has 8 heteroatoms. The lowest BCUT2D eigenvalue weighted by atomic mass is 10.0. The second-order valence-corrected chi connectivity index (χ2v) is 6.85. The summed E-state index contributed by atoms with van der Waals surface area (Å²) in [5.41, 5.74) is 4.25. The maximum atomic E-state index is 11.3. The predicted molar refractivity (Wildman–Crippen MR) is 102 cm³/mol. The molecule has 28 heavy (non-hydrogen) atoms. The van der Waals surface area contributed by atoms with Gasteiger partial charge >= 0.3 is 5.69 Å². The number of hydroxylamine groups is 1. The third-order valence-electron chi connectivity index (χ3n) is 4.71. The zero-order chi connectivity index (χ0) is 19.7. The summed E-state index contributed by atoms with van der Waals surface area (Å²) in [7, 11) is 0. The predicted octanol–water partition coefficient (Wildman–Crippen LogP) is 2.42. The number of anilines is 1. The molecule has 0 bridgehead atoms. The Morgan fingerprint density at radius 1 is 1.36 bits per heavy atom. The maximum Gasteiger partial charge on any atom is 0.311 e. The van der Waals surface area contributed by atoms with Crippen LogP contribution in [-0.4, -0.2) is 33.7 Å². The van der Waals surface area contributed by atoms with Gasteiger partial charge in [-0.15, -0.1) is 0 Å². The number of hydrogen-bond donors (Lipinski definition) is 2. The van der Waals surface area contributed by atoms with Crippen LogP contribution in [0.5, 0.6) is 5.75 Å². The van der Waals surface area contributed by atoms with E-state index in [1.165, 1.54) is 6.07 Å². The van der Waals surface area contributed by atoms with Gasteiger partial charge in [0.05, 0.1) is 11.5 Å². The number of allylic oxidation sites excluding steroid dienone is 1. The Morgan fingerprint density at radius 2 is 2.21 bits per heavy atom. The van der Waals surface area contributed by atoms with Crippen molar-refractivity contribution in [2.45, 2.75) is 18.9 Å². The number of benzene rings is 1. The van der Waals surface area contributed by atoms with Gasteiger partial charge in [-0.2, -0.15) is 0 Å². The number of rotatable bonds is 2. The molecule has 0 aliphatic carbocycles. The van der Waals surface area contributed by atoms with Gasteiger partial charge in [0.2, 0.25) is 5.82 Å². The molecule has 142 valence electrons. The second kappa shape index (κ2) is 6.87. The van der Waals surface area contributed by atoms with Gasteiger partial charge in [-0.3, -0.25) is 20.4 Å². The molecule has 0 saturated carbocycles. The lowest BCUT2D eigenvalue weighted by molar-refractivity contribution is -0.384. The van der Waals surface area contributed by atoms with Crippen molar-refractivity contribution in [2.24, 2.45) is 0 Å². The van der Waals surface area contributed by atoms with Crippen molar-refractivity contribution in [1.29, 1.82) is 0 Å². The van der Waals surface area contributed by atoms with E-state index < -0.39 is 10.5 Å². The van der Waals surface area contributed by atoms with E-state index in [1.807, 2.05) is 17.9 Å². The van der Waals surface area contributed by atoms with Crippen LogP contribution in [0.15, 0.2) is 48.2 Å². The topological polar surface area (TPSA) is 101 Å². The minimum absolute atomic E-state index is 0.0125. The quantitative estimate of drug-likeness (QED) is 0.470. The van der Waals surface area contributed by atoms with Gasteiger partial charge in [0, 0.05) is 30.3 Å². The number of nitrogens with zero attached hydrogens (tertiary/aromatic N) is 3. The molecule has 1 unspecified atom stereocenters. The number of nitro groups is 1. The third-order valence-corrected chi connectivity index (χ3v) is 4.71. The molecule has 0 amide bonds. The maximum absolute atomic E-state index is 11.3. The number of aromatic hydroxyl groups is 1.